The zero-order chi connectivity index (χ0) is 12.8. The standard InChI is InChI=1S/C14H21NO3/c1-14(2)17-10-12(11-18-14)15-8-9-16-13-6-4-3-5-7-13/h3-7,12,15H,8-11H2,1-2H3. The molecule has 0 amide bonds. The molecule has 1 aromatic rings. The van der Waals surface area contributed by atoms with Gasteiger partial charge in [-0.1, -0.05) is 18.2 Å². The van der Waals surface area contributed by atoms with Crippen LogP contribution in [0.5, 0.6) is 5.75 Å². The minimum Gasteiger partial charge on any atom is -0.492 e. The maximum absolute atomic E-state index is 5.59. The highest BCUT2D eigenvalue weighted by Crippen LogP contribution is 2.16. The molecule has 1 aliphatic heterocycles. The van der Waals surface area contributed by atoms with E-state index in [0.29, 0.717) is 19.8 Å². The van der Waals surface area contributed by atoms with Gasteiger partial charge in [0.2, 0.25) is 0 Å². The Morgan fingerprint density at radius 2 is 1.89 bits per heavy atom. The molecular formula is C14H21NO3. The minimum absolute atomic E-state index is 0.248. The molecule has 0 aliphatic carbocycles. The fraction of sp³-hybridized carbons (Fsp3) is 0.571. The van der Waals surface area contributed by atoms with Crippen molar-refractivity contribution in [1.82, 2.24) is 5.32 Å². The third kappa shape index (κ3) is 4.29. The van der Waals surface area contributed by atoms with E-state index >= 15 is 0 Å². The molecule has 18 heavy (non-hydrogen) atoms. The van der Waals surface area contributed by atoms with Gasteiger partial charge in [-0.3, -0.25) is 0 Å². The van der Waals surface area contributed by atoms with E-state index in [-0.39, 0.29) is 6.04 Å². The van der Waals surface area contributed by atoms with E-state index in [2.05, 4.69) is 5.32 Å². The van der Waals surface area contributed by atoms with Crippen molar-refractivity contribution in [2.24, 2.45) is 0 Å². The van der Waals surface area contributed by atoms with Gasteiger partial charge in [0.05, 0.1) is 19.3 Å². The molecule has 1 heterocycles. The highest BCUT2D eigenvalue weighted by Gasteiger charge is 2.27. The molecule has 4 heteroatoms. The Bertz CT molecular complexity index is 343. The van der Waals surface area contributed by atoms with Crippen molar-refractivity contribution in [2.45, 2.75) is 25.7 Å². The molecule has 1 saturated heterocycles. The molecule has 1 fully saturated rings. The molecule has 0 spiro atoms. The Hall–Kier alpha value is -1.10. The molecule has 2 rings (SSSR count). The van der Waals surface area contributed by atoms with Crippen molar-refractivity contribution in [3.8, 4) is 5.75 Å². The van der Waals surface area contributed by atoms with Crippen LogP contribution < -0.4 is 10.1 Å². The monoisotopic (exact) mass is 251 g/mol. The van der Waals surface area contributed by atoms with Gasteiger partial charge in [-0.05, 0) is 26.0 Å². The molecule has 0 radical (unpaired) electrons. The first-order chi connectivity index (χ1) is 8.66. The summed E-state index contributed by atoms with van der Waals surface area (Å²) in [5.41, 5.74) is 0. The van der Waals surface area contributed by atoms with Gasteiger partial charge >= 0.3 is 0 Å². The summed E-state index contributed by atoms with van der Waals surface area (Å²) in [5, 5.41) is 3.35. The van der Waals surface area contributed by atoms with Crippen molar-refractivity contribution in [2.75, 3.05) is 26.4 Å². The number of hydrogen-bond acceptors (Lipinski definition) is 4. The minimum atomic E-state index is -0.446. The summed E-state index contributed by atoms with van der Waals surface area (Å²) in [4.78, 5) is 0. The molecule has 4 nitrogen and oxygen atoms in total. The van der Waals surface area contributed by atoms with Crippen LogP contribution in [-0.4, -0.2) is 38.2 Å². The van der Waals surface area contributed by atoms with Crippen LogP contribution in [0.15, 0.2) is 30.3 Å². The van der Waals surface area contributed by atoms with Crippen molar-refractivity contribution in [3.05, 3.63) is 30.3 Å². The van der Waals surface area contributed by atoms with Gasteiger partial charge in [0.1, 0.15) is 12.4 Å². The van der Waals surface area contributed by atoms with Crippen LogP contribution in [0.25, 0.3) is 0 Å². The second-order valence-corrected chi connectivity index (χ2v) is 4.83. The molecule has 0 aromatic heterocycles. The number of nitrogens with one attached hydrogen (secondary N) is 1. The van der Waals surface area contributed by atoms with Gasteiger partial charge in [-0.2, -0.15) is 0 Å². The molecule has 0 saturated carbocycles. The molecule has 100 valence electrons. The number of rotatable bonds is 5. The van der Waals surface area contributed by atoms with E-state index in [1.807, 2.05) is 44.2 Å². The fourth-order valence-electron chi connectivity index (χ4n) is 1.76. The summed E-state index contributed by atoms with van der Waals surface area (Å²) in [6, 6.07) is 10.1. The quantitative estimate of drug-likeness (QED) is 0.810. The molecule has 1 aliphatic rings. The van der Waals surface area contributed by atoms with Gasteiger partial charge in [-0.25, -0.2) is 0 Å². The number of para-hydroxylation sites is 1. The van der Waals surface area contributed by atoms with Crippen LogP contribution in [0.1, 0.15) is 13.8 Å². The lowest BCUT2D eigenvalue weighted by Crippen LogP contribution is -2.49. The smallest absolute Gasteiger partial charge is 0.162 e. The average Bonchev–Trinajstić information content (AvgIpc) is 2.37. The van der Waals surface area contributed by atoms with E-state index < -0.39 is 5.79 Å². The van der Waals surface area contributed by atoms with Crippen molar-refractivity contribution >= 4 is 0 Å². The summed E-state index contributed by atoms with van der Waals surface area (Å²) in [6.45, 7) is 6.65. The van der Waals surface area contributed by atoms with Crippen LogP contribution in [0.2, 0.25) is 0 Å². The lowest BCUT2D eigenvalue weighted by Gasteiger charge is -2.35. The van der Waals surface area contributed by atoms with Crippen molar-refractivity contribution in [3.63, 3.8) is 0 Å². The van der Waals surface area contributed by atoms with Crippen molar-refractivity contribution < 1.29 is 14.2 Å². The summed E-state index contributed by atoms with van der Waals surface area (Å²) in [7, 11) is 0. The maximum atomic E-state index is 5.59. The predicted molar refractivity (Wildman–Crippen MR) is 69.7 cm³/mol. The van der Waals surface area contributed by atoms with Gasteiger partial charge in [0.25, 0.3) is 0 Å². The fourth-order valence-corrected chi connectivity index (χ4v) is 1.76. The molecular weight excluding hydrogens is 230 g/mol. The van der Waals surface area contributed by atoms with Crippen LogP contribution >= 0.6 is 0 Å². The summed E-state index contributed by atoms with van der Waals surface area (Å²) in [5.74, 6) is 0.454. The molecule has 0 unspecified atom stereocenters. The van der Waals surface area contributed by atoms with E-state index in [1.165, 1.54) is 0 Å². The van der Waals surface area contributed by atoms with E-state index in [9.17, 15) is 0 Å². The third-order valence-electron chi connectivity index (χ3n) is 2.81. The van der Waals surface area contributed by atoms with Gasteiger partial charge in [0.15, 0.2) is 5.79 Å². The van der Waals surface area contributed by atoms with Gasteiger partial charge in [0, 0.05) is 6.54 Å². The van der Waals surface area contributed by atoms with Crippen LogP contribution in [0.4, 0.5) is 0 Å². The topological polar surface area (TPSA) is 39.7 Å². The van der Waals surface area contributed by atoms with E-state index in [0.717, 1.165) is 12.3 Å². The van der Waals surface area contributed by atoms with E-state index in [1.54, 1.807) is 0 Å². The average molecular weight is 251 g/mol. The molecule has 1 aromatic carbocycles. The second-order valence-electron chi connectivity index (χ2n) is 4.83. The van der Waals surface area contributed by atoms with Crippen LogP contribution in [0, 0.1) is 0 Å². The second kappa shape index (κ2) is 6.18. The Balaban J connectivity index is 1.59. The highest BCUT2D eigenvalue weighted by molar-refractivity contribution is 5.20. The summed E-state index contributed by atoms with van der Waals surface area (Å²) < 4.78 is 16.7. The first-order valence-electron chi connectivity index (χ1n) is 6.35. The SMILES string of the molecule is CC1(C)OCC(NCCOc2ccccc2)CO1. The predicted octanol–water partition coefficient (Wildman–Crippen LogP) is 1.81. The lowest BCUT2D eigenvalue weighted by molar-refractivity contribution is -0.252. The maximum Gasteiger partial charge on any atom is 0.162 e. The van der Waals surface area contributed by atoms with Crippen LogP contribution in [0.3, 0.4) is 0 Å². The Labute approximate surface area is 108 Å². The van der Waals surface area contributed by atoms with Crippen LogP contribution in [-0.2, 0) is 9.47 Å². The number of benzene rings is 1. The third-order valence-corrected chi connectivity index (χ3v) is 2.81. The molecule has 1 N–H and O–H groups in total. The highest BCUT2D eigenvalue weighted by atomic mass is 16.7. The van der Waals surface area contributed by atoms with E-state index in [4.69, 9.17) is 14.2 Å². The summed E-state index contributed by atoms with van der Waals surface area (Å²) in [6.07, 6.45) is 0. The number of hydrogen-bond donors (Lipinski definition) is 1. The zero-order valence-electron chi connectivity index (χ0n) is 11.0. The first kappa shape index (κ1) is 13.3. The largest absolute Gasteiger partial charge is 0.492 e. The first-order valence-corrected chi connectivity index (χ1v) is 6.35. The summed E-state index contributed by atoms with van der Waals surface area (Å²) >= 11 is 0. The Kier molecular flexibility index (Phi) is 4.58. The Morgan fingerprint density at radius 3 is 2.56 bits per heavy atom. The normalized spacial score (nSPS) is 19.7. The molecule has 0 bridgehead atoms. The molecule has 0 atom stereocenters. The van der Waals surface area contributed by atoms with Gasteiger partial charge < -0.3 is 19.5 Å². The zero-order valence-corrected chi connectivity index (χ0v) is 11.0. The Morgan fingerprint density at radius 1 is 1.22 bits per heavy atom. The lowest BCUT2D eigenvalue weighted by atomic mass is 10.2. The van der Waals surface area contributed by atoms with Crippen molar-refractivity contribution in [1.29, 1.82) is 0 Å². The number of ether oxygens (including phenoxy) is 3. The van der Waals surface area contributed by atoms with Gasteiger partial charge in [-0.15, -0.1) is 0 Å².